The van der Waals surface area contributed by atoms with Crippen LogP contribution in [0.25, 0.3) is 0 Å². The number of nitrogens with zero attached hydrogens (tertiary/aromatic N) is 2. The van der Waals surface area contributed by atoms with Gasteiger partial charge in [0.1, 0.15) is 10.8 Å². The summed E-state index contributed by atoms with van der Waals surface area (Å²) in [6.07, 6.45) is 0. The van der Waals surface area contributed by atoms with E-state index in [4.69, 9.17) is 5.84 Å². The first-order valence-corrected chi connectivity index (χ1v) is 5.87. The quantitative estimate of drug-likeness (QED) is 0.499. The number of nitro benzene ring substituents is 1. The van der Waals surface area contributed by atoms with E-state index in [0.29, 0.717) is 15.7 Å². The van der Waals surface area contributed by atoms with E-state index >= 15 is 0 Å². The van der Waals surface area contributed by atoms with Gasteiger partial charge in [0, 0.05) is 6.07 Å². The number of pyridine rings is 1. The molecule has 2 aromatic rings. The molecule has 0 bridgehead atoms. The van der Waals surface area contributed by atoms with Gasteiger partial charge in [-0.25, -0.2) is 10.8 Å². The van der Waals surface area contributed by atoms with Crippen molar-refractivity contribution in [2.45, 2.75) is 9.92 Å². The monoisotopic (exact) mass is 262 g/mol. The fourth-order valence-corrected chi connectivity index (χ4v) is 2.27. The Labute approximate surface area is 107 Å². The van der Waals surface area contributed by atoms with Crippen LogP contribution in [-0.2, 0) is 0 Å². The van der Waals surface area contributed by atoms with Crippen LogP contribution in [0.4, 0.5) is 11.5 Å². The highest BCUT2D eigenvalue weighted by Gasteiger charge is 2.13. The number of nitrogen functional groups attached to an aromatic ring is 1. The van der Waals surface area contributed by atoms with Crippen LogP contribution in [0.2, 0.25) is 0 Å². The smallest absolute Gasteiger partial charge is 0.283 e. The Kier molecular flexibility index (Phi) is 3.75. The molecule has 1 heterocycles. The van der Waals surface area contributed by atoms with Crippen LogP contribution in [0.5, 0.6) is 0 Å². The van der Waals surface area contributed by atoms with Crippen LogP contribution in [0.1, 0.15) is 0 Å². The van der Waals surface area contributed by atoms with Gasteiger partial charge in [-0.1, -0.05) is 30.0 Å². The minimum atomic E-state index is -0.409. The lowest BCUT2D eigenvalue weighted by Crippen LogP contribution is -2.08. The van der Waals surface area contributed by atoms with Crippen molar-refractivity contribution in [2.75, 3.05) is 5.43 Å². The molecule has 0 fully saturated rings. The van der Waals surface area contributed by atoms with E-state index in [9.17, 15) is 10.1 Å². The molecule has 3 N–H and O–H groups in total. The third-order valence-electron chi connectivity index (χ3n) is 2.15. The Morgan fingerprint density at radius 1 is 1.22 bits per heavy atom. The highest BCUT2D eigenvalue weighted by atomic mass is 32.2. The number of para-hydroxylation sites is 1. The summed E-state index contributed by atoms with van der Waals surface area (Å²) in [5, 5.41) is 11.5. The van der Waals surface area contributed by atoms with Crippen molar-refractivity contribution in [3.8, 4) is 0 Å². The molecule has 6 nitrogen and oxygen atoms in total. The number of anilines is 1. The summed E-state index contributed by atoms with van der Waals surface area (Å²) in [4.78, 5) is 15.2. The molecular weight excluding hydrogens is 252 g/mol. The molecule has 92 valence electrons. The number of nitrogens with one attached hydrogen (secondary N) is 1. The summed E-state index contributed by atoms with van der Waals surface area (Å²) in [6, 6.07) is 11.8. The summed E-state index contributed by atoms with van der Waals surface area (Å²) in [6.45, 7) is 0. The first-order chi connectivity index (χ1) is 8.70. The van der Waals surface area contributed by atoms with Gasteiger partial charge in [0.05, 0.1) is 9.82 Å². The van der Waals surface area contributed by atoms with Crippen LogP contribution in [0, 0.1) is 10.1 Å². The van der Waals surface area contributed by atoms with Crippen molar-refractivity contribution >= 4 is 23.3 Å². The molecule has 0 unspecified atom stereocenters. The Hall–Kier alpha value is -2.12. The molecule has 0 radical (unpaired) electrons. The maximum absolute atomic E-state index is 10.9. The van der Waals surface area contributed by atoms with Crippen molar-refractivity contribution in [3.63, 3.8) is 0 Å². The molecular formula is C11H10N4O2S. The van der Waals surface area contributed by atoms with Gasteiger partial charge >= 0.3 is 0 Å². The molecule has 0 amide bonds. The average Bonchev–Trinajstić information content (AvgIpc) is 2.39. The number of hydrogen-bond donors (Lipinski definition) is 2. The van der Waals surface area contributed by atoms with Crippen molar-refractivity contribution < 1.29 is 4.92 Å². The van der Waals surface area contributed by atoms with Crippen LogP contribution in [-0.4, -0.2) is 9.91 Å². The maximum Gasteiger partial charge on any atom is 0.283 e. The lowest BCUT2D eigenvalue weighted by Gasteiger charge is -2.04. The number of rotatable bonds is 4. The van der Waals surface area contributed by atoms with E-state index in [1.54, 1.807) is 36.4 Å². The number of aromatic nitrogens is 1. The van der Waals surface area contributed by atoms with E-state index in [2.05, 4.69) is 10.4 Å². The standard InChI is InChI=1S/C11H10N4O2S/c12-14-10-6-3-7-11(13-10)18-9-5-2-1-4-8(9)15(16)17/h1-7H,12H2,(H,13,14). The van der Waals surface area contributed by atoms with Gasteiger partial charge in [-0.2, -0.15) is 0 Å². The maximum atomic E-state index is 10.9. The van der Waals surface area contributed by atoms with Crippen molar-refractivity contribution in [1.82, 2.24) is 4.98 Å². The fourth-order valence-electron chi connectivity index (χ4n) is 1.36. The van der Waals surface area contributed by atoms with E-state index in [1.165, 1.54) is 17.8 Å². The molecule has 18 heavy (non-hydrogen) atoms. The second-order valence-electron chi connectivity index (χ2n) is 3.33. The molecule has 7 heteroatoms. The number of hydrogen-bond acceptors (Lipinski definition) is 6. The summed E-state index contributed by atoms with van der Waals surface area (Å²) in [5.74, 6) is 5.77. The number of benzene rings is 1. The predicted molar refractivity (Wildman–Crippen MR) is 69.3 cm³/mol. The van der Waals surface area contributed by atoms with Crippen LogP contribution in [0.3, 0.4) is 0 Å². The van der Waals surface area contributed by atoms with Gasteiger partial charge < -0.3 is 5.43 Å². The minimum absolute atomic E-state index is 0.0652. The lowest BCUT2D eigenvalue weighted by atomic mass is 10.3. The predicted octanol–water partition coefficient (Wildman–Crippen LogP) is 2.43. The van der Waals surface area contributed by atoms with Crippen LogP contribution >= 0.6 is 11.8 Å². The Bertz CT molecular complexity index is 576. The van der Waals surface area contributed by atoms with Crippen molar-refractivity contribution in [3.05, 3.63) is 52.6 Å². The molecule has 0 spiro atoms. The summed E-state index contributed by atoms with van der Waals surface area (Å²) >= 11 is 1.22. The van der Waals surface area contributed by atoms with Crippen molar-refractivity contribution in [2.24, 2.45) is 5.84 Å². The number of nitrogens with two attached hydrogens (primary N) is 1. The van der Waals surface area contributed by atoms with Gasteiger partial charge in [0.2, 0.25) is 0 Å². The van der Waals surface area contributed by atoms with Gasteiger partial charge in [-0.3, -0.25) is 10.1 Å². The van der Waals surface area contributed by atoms with E-state index < -0.39 is 4.92 Å². The molecule has 0 aliphatic heterocycles. The van der Waals surface area contributed by atoms with Gasteiger partial charge in [-0.05, 0) is 18.2 Å². The largest absolute Gasteiger partial charge is 0.308 e. The highest BCUT2D eigenvalue weighted by Crippen LogP contribution is 2.33. The Morgan fingerprint density at radius 3 is 2.72 bits per heavy atom. The van der Waals surface area contributed by atoms with Gasteiger partial charge in [0.25, 0.3) is 5.69 Å². The lowest BCUT2D eigenvalue weighted by molar-refractivity contribution is -0.387. The zero-order valence-corrected chi connectivity index (χ0v) is 10.1. The van der Waals surface area contributed by atoms with Crippen LogP contribution in [0.15, 0.2) is 52.4 Å². The molecule has 0 atom stereocenters. The fraction of sp³-hybridized carbons (Fsp3) is 0. The van der Waals surface area contributed by atoms with E-state index in [-0.39, 0.29) is 5.69 Å². The molecule has 0 saturated heterocycles. The normalized spacial score (nSPS) is 10.1. The number of nitro groups is 1. The second kappa shape index (κ2) is 5.48. The summed E-state index contributed by atoms with van der Waals surface area (Å²) < 4.78 is 0. The Morgan fingerprint density at radius 2 is 2.00 bits per heavy atom. The van der Waals surface area contributed by atoms with E-state index in [1.807, 2.05) is 0 Å². The summed E-state index contributed by atoms with van der Waals surface area (Å²) in [5.41, 5.74) is 2.50. The first kappa shape index (κ1) is 12.3. The topological polar surface area (TPSA) is 94.1 Å². The number of hydrazine groups is 1. The van der Waals surface area contributed by atoms with Gasteiger partial charge in [-0.15, -0.1) is 0 Å². The SMILES string of the molecule is NNc1cccc(Sc2ccccc2[N+](=O)[O-])n1. The molecule has 0 saturated carbocycles. The average molecular weight is 262 g/mol. The van der Waals surface area contributed by atoms with Gasteiger partial charge in [0.15, 0.2) is 0 Å². The molecule has 1 aromatic heterocycles. The highest BCUT2D eigenvalue weighted by molar-refractivity contribution is 7.99. The first-order valence-electron chi connectivity index (χ1n) is 5.05. The Balaban J connectivity index is 2.31. The molecule has 0 aliphatic rings. The van der Waals surface area contributed by atoms with E-state index in [0.717, 1.165) is 0 Å². The third kappa shape index (κ3) is 2.76. The summed E-state index contributed by atoms with van der Waals surface area (Å²) in [7, 11) is 0. The zero-order valence-electron chi connectivity index (χ0n) is 9.24. The minimum Gasteiger partial charge on any atom is -0.308 e. The zero-order chi connectivity index (χ0) is 13.0. The molecule has 1 aromatic carbocycles. The van der Waals surface area contributed by atoms with Crippen molar-refractivity contribution in [1.29, 1.82) is 0 Å². The molecule has 0 aliphatic carbocycles. The molecule has 2 rings (SSSR count). The third-order valence-corrected chi connectivity index (χ3v) is 3.15. The van der Waals surface area contributed by atoms with Crippen LogP contribution < -0.4 is 11.3 Å². The second-order valence-corrected chi connectivity index (χ2v) is 4.39.